The maximum Gasteiger partial charge on any atom is 0.261 e. The zero-order valence-electron chi connectivity index (χ0n) is 15.6. The molecule has 3 aromatic carbocycles. The van der Waals surface area contributed by atoms with Gasteiger partial charge in [-0.1, -0.05) is 49.7 Å². The molecule has 1 amide bonds. The molecule has 28 heavy (non-hydrogen) atoms. The van der Waals surface area contributed by atoms with Gasteiger partial charge >= 0.3 is 0 Å². The van der Waals surface area contributed by atoms with E-state index in [0.29, 0.717) is 16.9 Å². The van der Waals surface area contributed by atoms with Crippen molar-refractivity contribution >= 4 is 27.3 Å². The Balaban J connectivity index is 1.73. The van der Waals surface area contributed by atoms with E-state index in [1.54, 1.807) is 36.4 Å². The van der Waals surface area contributed by atoms with Crippen LogP contribution in [0.25, 0.3) is 0 Å². The summed E-state index contributed by atoms with van der Waals surface area (Å²) in [4.78, 5) is 12.7. The Morgan fingerprint density at radius 1 is 0.857 bits per heavy atom. The predicted octanol–water partition coefficient (Wildman–Crippen LogP) is 4.69. The molecule has 0 bridgehead atoms. The lowest BCUT2D eigenvalue weighted by Crippen LogP contribution is -2.15. The van der Waals surface area contributed by atoms with Gasteiger partial charge in [0.15, 0.2) is 0 Å². The van der Waals surface area contributed by atoms with Crippen molar-refractivity contribution < 1.29 is 13.2 Å². The van der Waals surface area contributed by atoms with Crippen LogP contribution in [0.2, 0.25) is 0 Å². The Morgan fingerprint density at radius 2 is 1.57 bits per heavy atom. The first kappa shape index (κ1) is 19.6. The number of sulfonamides is 1. The molecule has 0 aliphatic heterocycles. The van der Waals surface area contributed by atoms with Crippen molar-refractivity contribution in [2.24, 2.45) is 0 Å². The van der Waals surface area contributed by atoms with E-state index in [1.807, 2.05) is 24.3 Å². The van der Waals surface area contributed by atoms with Gasteiger partial charge in [-0.15, -0.1) is 0 Å². The number of benzene rings is 3. The Labute approximate surface area is 165 Å². The normalized spacial score (nSPS) is 11.0. The largest absolute Gasteiger partial charge is 0.322 e. The van der Waals surface area contributed by atoms with Gasteiger partial charge in [-0.2, -0.15) is 0 Å². The molecular formula is C22H22N2O3S. The Morgan fingerprint density at radius 3 is 2.25 bits per heavy atom. The highest BCUT2D eigenvalue weighted by Crippen LogP contribution is 2.18. The first-order valence-electron chi connectivity index (χ1n) is 9.06. The van der Waals surface area contributed by atoms with Gasteiger partial charge in [-0.05, 0) is 54.4 Å². The van der Waals surface area contributed by atoms with E-state index >= 15 is 0 Å². The number of amides is 1. The van der Waals surface area contributed by atoms with Crippen molar-refractivity contribution in [3.8, 4) is 0 Å². The third-order valence-electron chi connectivity index (χ3n) is 4.18. The van der Waals surface area contributed by atoms with E-state index in [-0.39, 0.29) is 10.8 Å². The quantitative estimate of drug-likeness (QED) is 0.610. The molecule has 0 radical (unpaired) electrons. The average molecular weight is 394 g/mol. The number of nitrogens with one attached hydrogen (secondary N) is 2. The van der Waals surface area contributed by atoms with Gasteiger partial charge in [0.2, 0.25) is 0 Å². The molecule has 0 saturated heterocycles. The molecule has 0 heterocycles. The number of hydrogen-bond donors (Lipinski definition) is 2. The molecule has 6 heteroatoms. The molecule has 0 fully saturated rings. The molecule has 0 aromatic heterocycles. The molecular weight excluding hydrogens is 372 g/mol. The van der Waals surface area contributed by atoms with Gasteiger partial charge in [0.25, 0.3) is 15.9 Å². The van der Waals surface area contributed by atoms with Crippen LogP contribution in [0.3, 0.4) is 0 Å². The zero-order chi connectivity index (χ0) is 20.0. The highest BCUT2D eigenvalue weighted by atomic mass is 32.2. The van der Waals surface area contributed by atoms with Gasteiger partial charge in [0, 0.05) is 16.9 Å². The van der Waals surface area contributed by atoms with Crippen LogP contribution in [0.4, 0.5) is 11.4 Å². The summed E-state index contributed by atoms with van der Waals surface area (Å²) < 4.78 is 27.4. The smallest absolute Gasteiger partial charge is 0.261 e. The highest BCUT2D eigenvalue weighted by Gasteiger charge is 2.14. The predicted molar refractivity (Wildman–Crippen MR) is 112 cm³/mol. The van der Waals surface area contributed by atoms with Crippen LogP contribution < -0.4 is 10.0 Å². The second-order valence-electron chi connectivity index (χ2n) is 6.40. The lowest BCUT2D eigenvalue weighted by Gasteiger charge is -2.10. The summed E-state index contributed by atoms with van der Waals surface area (Å²) in [6.07, 6.45) is 2.06. The number of anilines is 2. The molecule has 3 aromatic rings. The fraction of sp³-hybridized carbons (Fsp3) is 0.136. The highest BCUT2D eigenvalue weighted by molar-refractivity contribution is 7.92. The summed E-state index contributed by atoms with van der Waals surface area (Å²) in [5.41, 5.74) is 2.61. The van der Waals surface area contributed by atoms with Crippen molar-refractivity contribution in [2.75, 3.05) is 10.0 Å². The minimum Gasteiger partial charge on any atom is -0.322 e. The summed E-state index contributed by atoms with van der Waals surface area (Å²) in [6.45, 7) is 2.12. The summed E-state index contributed by atoms with van der Waals surface area (Å²) >= 11 is 0. The Hall–Kier alpha value is -3.12. The second kappa shape index (κ2) is 8.71. The minimum atomic E-state index is -3.71. The van der Waals surface area contributed by atoms with E-state index in [4.69, 9.17) is 0 Å². The van der Waals surface area contributed by atoms with Gasteiger partial charge in [-0.3, -0.25) is 9.52 Å². The zero-order valence-corrected chi connectivity index (χ0v) is 16.4. The van der Waals surface area contributed by atoms with Crippen molar-refractivity contribution in [3.63, 3.8) is 0 Å². The third-order valence-corrected chi connectivity index (χ3v) is 5.58. The van der Waals surface area contributed by atoms with E-state index in [2.05, 4.69) is 17.0 Å². The van der Waals surface area contributed by atoms with Crippen LogP contribution in [0.5, 0.6) is 0 Å². The first-order chi connectivity index (χ1) is 13.5. The summed E-state index contributed by atoms with van der Waals surface area (Å²) in [6, 6.07) is 22.2. The molecule has 2 N–H and O–H groups in total. The standard InChI is InChI=1S/C22H22N2O3S/c1-2-7-17-12-14-19(15-13-17)23-22(25)18-8-6-9-20(16-18)24-28(26,27)21-10-4-3-5-11-21/h3-6,8-16,24H,2,7H2,1H3,(H,23,25). The topological polar surface area (TPSA) is 75.3 Å². The molecule has 0 aliphatic carbocycles. The van der Waals surface area contributed by atoms with Crippen molar-refractivity contribution in [1.29, 1.82) is 0 Å². The van der Waals surface area contributed by atoms with Crippen LogP contribution in [0.1, 0.15) is 29.3 Å². The monoisotopic (exact) mass is 394 g/mol. The van der Waals surface area contributed by atoms with Crippen molar-refractivity contribution in [1.82, 2.24) is 0 Å². The lowest BCUT2D eigenvalue weighted by atomic mass is 10.1. The van der Waals surface area contributed by atoms with Gasteiger partial charge in [0.1, 0.15) is 0 Å². The van der Waals surface area contributed by atoms with Crippen molar-refractivity contribution in [3.05, 3.63) is 90.0 Å². The van der Waals surface area contributed by atoms with Crippen LogP contribution >= 0.6 is 0 Å². The molecule has 0 atom stereocenters. The fourth-order valence-electron chi connectivity index (χ4n) is 2.78. The molecule has 144 valence electrons. The summed E-state index contributed by atoms with van der Waals surface area (Å²) in [5.74, 6) is -0.302. The minimum absolute atomic E-state index is 0.164. The lowest BCUT2D eigenvalue weighted by molar-refractivity contribution is 0.102. The second-order valence-corrected chi connectivity index (χ2v) is 8.08. The Kier molecular flexibility index (Phi) is 6.11. The van der Waals surface area contributed by atoms with Gasteiger partial charge in [-0.25, -0.2) is 8.42 Å². The van der Waals surface area contributed by atoms with E-state index in [0.717, 1.165) is 12.8 Å². The van der Waals surface area contributed by atoms with Crippen LogP contribution in [0.15, 0.2) is 83.8 Å². The van der Waals surface area contributed by atoms with Crippen molar-refractivity contribution in [2.45, 2.75) is 24.7 Å². The molecule has 0 saturated carbocycles. The van der Waals surface area contributed by atoms with Crippen LogP contribution in [-0.4, -0.2) is 14.3 Å². The first-order valence-corrected chi connectivity index (χ1v) is 10.5. The average Bonchev–Trinajstić information content (AvgIpc) is 2.70. The summed E-state index contributed by atoms with van der Waals surface area (Å²) in [7, 11) is -3.71. The fourth-order valence-corrected chi connectivity index (χ4v) is 3.85. The number of carbonyl (C=O) groups is 1. The molecule has 0 spiro atoms. The molecule has 0 aliphatic rings. The number of rotatable bonds is 7. The number of carbonyl (C=O) groups excluding carboxylic acids is 1. The van der Waals surface area contributed by atoms with Gasteiger partial charge in [0.05, 0.1) is 4.90 Å². The molecule has 3 rings (SSSR count). The number of aryl methyl sites for hydroxylation is 1. The van der Waals surface area contributed by atoms with Crippen LogP contribution in [0, 0.1) is 0 Å². The maximum atomic E-state index is 12.5. The summed E-state index contributed by atoms with van der Waals surface area (Å²) in [5, 5.41) is 2.83. The van der Waals surface area contributed by atoms with Crippen LogP contribution in [-0.2, 0) is 16.4 Å². The van der Waals surface area contributed by atoms with E-state index < -0.39 is 10.0 Å². The van der Waals surface area contributed by atoms with E-state index in [1.165, 1.54) is 23.8 Å². The van der Waals surface area contributed by atoms with Gasteiger partial charge < -0.3 is 5.32 Å². The number of hydrogen-bond acceptors (Lipinski definition) is 3. The Bertz CT molecular complexity index is 1050. The SMILES string of the molecule is CCCc1ccc(NC(=O)c2cccc(NS(=O)(=O)c3ccccc3)c2)cc1. The molecule has 5 nitrogen and oxygen atoms in total. The molecule has 0 unspecified atom stereocenters. The third kappa shape index (κ3) is 4.98. The van der Waals surface area contributed by atoms with E-state index in [9.17, 15) is 13.2 Å². The maximum absolute atomic E-state index is 12.5.